The van der Waals surface area contributed by atoms with Crippen molar-refractivity contribution in [3.63, 3.8) is 0 Å². The van der Waals surface area contributed by atoms with Gasteiger partial charge in [0.05, 0.1) is 24.8 Å². The number of phenols is 1. The molecule has 1 heterocycles. The molecule has 1 fully saturated rings. The molecule has 1 aliphatic heterocycles. The molecule has 10 heteroatoms. The number of phenolic OH excluding ortho intramolecular Hbond substituents is 1. The number of aromatic hydroxyl groups is 1. The molecule has 0 spiro atoms. The van der Waals surface area contributed by atoms with Crippen molar-refractivity contribution in [3.05, 3.63) is 52.1 Å². The van der Waals surface area contributed by atoms with Gasteiger partial charge in [0.1, 0.15) is 41.7 Å². The summed E-state index contributed by atoms with van der Waals surface area (Å²) in [5.74, 6) is -1.58. The van der Waals surface area contributed by atoms with Gasteiger partial charge in [-0.2, -0.15) is 0 Å². The number of hydrogen-bond donors (Lipinski definition) is 5. The van der Waals surface area contributed by atoms with Gasteiger partial charge < -0.3 is 39.7 Å². The van der Waals surface area contributed by atoms with Gasteiger partial charge in [0, 0.05) is 17.2 Å². The lowest BCUT2D eigenvalue weighted by atomic mass is 9.82. The average Bonchev–Trinajstić information content (AvgIpc) is 2.76. The van der Waals surface area contributed by atoms with Crippen molar-refractivity contribution in [1.29, 1.82) is 0 Å². The minimum atomic E-state index is -1.71. The molecule has 2 aromatic rings. The fourth-order valence-corrected chi connectivity index (χ4v) is 3.96. The number of hydrogen-bond acceptors (Lipinski definition) is 10. The lowest BCUT2D eigenvalue weighted by Crippen LogP contribution is -2.60. The molecule has 5 N–H and O–H groups in total. The van der Waals surface area contributed by atoms with Crippen LogP contribution in [0.25, 0.3) is 0 Å². The van der Waals surface area contributed by atoms with E-state index in [1.165, 1.54) is 31.4 Å². The number of methoxy groups -OCH3 is 1. The van der Waals surface area contributed by atoms with Crippen molar-refractivity contribution in [3.8, 4) is 17.2 Å². The molecule has 0 saturated carbocycles. The van der Waals surface area contributed by atoms with E-state index in [1.54, 1.807) is 6.92 Å². The minimum Gasteiger partial charge on any atom is -0.507 e. The highest BCUT2D eigenvalue weighted by Crippen LogP contribution is 2.40. The second-order valence-electron chi connectivity index (χ2n) is 7.73. The van der Waals surface area contributed by atoms with Crippen LogP contribution in [-0.2, 0) is 4.74 Å². The van der Waals surface area contributed by atoms with Gasteiger partial charge in [0.25, 0.3) is 0 Å². The van der Waals surface area contributed by atoms with Crippen molar-refractivity contribution in [2.45, 2.75) is 37.6 Å². The molecule has 0 aromatic heterocycles. The van der Waals surface area contributed by atoms with E-state index in [2.05, 4.69) is 0 Å². The van der Waals surface area contributed by atoms with Crippen LogP contribution in [0.2, 0.25) is 0 Å². The first kappa shape index (κ1) is 22.2. The summed E-state index contributed by atoms with van der Waals surface area (Å²) in [6.07, 6.45) is -7.73. The molecular weight excluding hydrogens is 424 g/mol. The van der Waals surface area contributed by atoms with Crippen molar-refractivity contribution in [2.75, 3.05) is 13.7 Å². The highest BCUT2D eigenvalue weighted by Gasteiger charge is 2.45. The Morgan fingerprint density at radius 2 is 1.62 bits per heavy atom. The van der Waals surface area contributed by atoms with Crippen LogP contribution in [0.3, 0.4) is 0 Å². The van der Waals surface area contributed by atoms with Crippen LogP contribution in [0.15, 0.2) is 24.3 Å². The minimum absolute atomic E-state index is 0.0229. The van der Waals surface area contributed by atoms with E-state index in [1.807, 2.05) is 0 Å². The number of aryl methyl sites for hydroxylation is 1. The third kappa shape index (κ3) is 3.42. The van der Waals surface area contributed by atoms with Crippen LogP contribution in [0.4, 0.5) is 0 Å². The number of aliphatic hydroxyl groups is 4. The Morgan fingerprint density at radius 1 is 0.938 bits per heavy atom. The van der Waals surface area contributed by atoms with Crippen LogP contribution in [-0.4, -0.2) is 81.5 Å². The quantitative estimate of drug-likeness (QED) is 0.358. The van der Waals surface area contributed by atoms with Crippen molar-refractivity contribution in [2.24, 2.45) is 0 Å². The highest BCUT2D eigenvalue weighted by atomic mass is 16.7. The summed E-state index contributed by atoms with van der Waals surface area (Å²) >= 11 is 0. The van der Waals surface area contributed by atoms with Gasteiger partial charge in [0.2, 0.25) is 12.1 Å². The summed E-state index contributed by atoms with van der Waals surface area (Å²) in [6, 6.07) is 5.51. The predicted molar refractivity (Wildman–Crippen MR) is 107 cm³/mol. The van der Waals surface area contributed by atoms with Crippen molar-refractivity contribution >= 4 is 11.6 Å². The average molecular weight is 446 g/mol. The van der Waals surface area contributed by atoms with Gasteiger partial charge in [-0.05, 0) is 30.7 Å². The lowest BCUT2D eigenvalue weighted by molar-refractivity contribution is -0.277. The number of benzene rings is 2. The molecule has 1 aliphatic carbocycles. The van der Waals surface area contributed by atoms with Gasteiger partial charge in [-0.25, -0.2) is 0 Å². The van der Waals surface area contributed by atoms with Gasteiger partial charge in [-0.15, -0.1) is 0 Å². The fraction of sp³-hybridized carbons (Fsp3) is 0.364. The third-order valence-electron chi connectivity index (χ3n) is 5.61. The largest absolute Gasteiger partial charge is 0.507 e. The molecule has 0 bridgehead atoms. The van der Waals surface area contributed by atoms with Gasteiger partial charge in [-0.3, -0.25) is 9.59 Å². The zero-order valence-electron chi connectivity index (χ0n) is 17.2. The molecule has 0 amide bonds. The topological polar surface area (TPSA) is 163 Å². The van der Waals surface area contributed by atoms with E-state index in [0.29, 0.717) is 5.56 Å². The van der Waals surface area contributed by atoms with Crippen LogP contribution >= 0.6 is 0 Å². The molecule has 10 nitrogen and oxygen atoms in total. The Hall–Kier alpha value is -3.02. The van der Waals surface area contributed by atoms with E-state index in [9.17, 15) is 35.1 Å². The predicted octanol–water partition coefficient (Wildman–Crippen LogP) is -0.337. The van der Waals surface area contributed by atoms with Gasteiger partial charge in [-0.1, -0.05) is 0 Å². The SMILES string of the molecule is COc1cc(O)c2c(c1)C(=O)c1cc(C)cc(O[C@@H]3O[C@H](CO)[C@@H](O)[C@H](O)[C@H]3O)c1C2=O. The molecule has 2 aromatic carbocycles. The molecule has 0 radical (unpaired) electrons. The molecular formula is C22H22O10. The first-order valence-electron chi connectivity index (χ1n) is 9.80. The Kier molecular flexibility index (Phi) is 5.65. The van der Waals surface area contributed by atoms with E-state index >= 15 is 0 Å². The summed E-state index contributed by atoms with van der Waals surface area (Å²) in [7, 11) is 1.36. The number of ether oxygens (including phenoxy) is 3. The monoisotopic (exact) mass is 446 g/mol. The van der Waals surface area contributed by atoms with Crippen molar-refractivity contribution in [1.82, 2.24) is 0 Å². The number of ketones is 2. The molecule has 4 rings (SSSR count). The molecule has 170 valence electrons. The lowest BCUT2D eigenvalue weighted by Gasteiger charge is -2.39. The zero-order valence-corrected chi connectivity index (χ0v) is 17.2. The number of fused-ring (bicyclic) bond motifs is 2. The fourth-order valence-electron chi connectivity index (χ4n) is 3.96. The molecule has 2 aliphatic rings. The third-order valence-corrected chi connectivity index (χ3v) is 5.61. The summed E-state index contributed by atoms with van der Waals surface area (Å²) < 4.78 is 16.1. The maximum Gasteiger partial charge on any atom is 0.229 e. The molecule has 5 atom stereocenters. The van der Waals surface area contributed by atoms with E-state index in [0.717, 1.165) is 0 Å². The Morgan fingerprint density at radius 3 is 2.28 bits per heavy atom. The summed E-state index contributed by atoms with van der Waals surface area (Å²) in [5.41, 5.74) is 0.190. The van der Waals surface area contributed by atoms with E-state index < -0.39 is 54.6 Å². The number of carbonyl (C=O) groups is 2. The Bertz CT molecular complexity index is 1090. The van der Waals surface area contributed by atoms with Crippen LogP contribution < -0.4 is 9.47 Å². The van der Waals surface area contributed by atoms with Gasteiger partial charge in [0.15, 0.2) is 5.78 Å². The van der Waals surface area contributed by atoms with E-state index in [-0.39, 0.29) is 33.8 Å². The highest BCUT2D eigenvalue weighted by molar-refractivity contribution is 6.30. The van der Waals surface area contributed by atoms with Crippen LogP contribution in [0, 0.1) is 6.92 Å². The molecule has 32 heavy (non-hydrogen) atoms. The first-order valence-corrected chi connectivity index (χ1v) is 9.80. The second-order valence-corrected chi connectivity index (χ2v) is 7.73. The summed E-state index contributed by atoms with van der Waals surface area (Å²) in [5, 5.41) is 50.0. The smallest absolute Gasteiger partial charge is 0.229 e. The second kappa shape index (κ2) is 8.15. The zero-order chi connectivity index (χ0) is 23.3. The van der Waals surface area contributed by atoms with Crippen molar-refractivity contribution < 1.29 is 49.3 Å². The first-order chi connectivity index (χ1) is 15.2. The number of aliphatic hydroxyl groups excluding tert-OH is 4. The normalized spacial score (nSPS) is 27.0. The summed E-state index contributed by atoms with van der Waals surface area (Å²) in [4.78, 5) is 26.5. The van der Waals surface area contributed by atoms with Crippen LogP contribution in [0.5, 0.6) is 17.2 Å². The standard InChI is InChI=1S/C22H22O10/c1-8-3-10-16(19(27)15-11(17(10)25)5-9(30-2)6-12(15)24)13(4-8)31-22-21(29)20(28)18(26)14(7-23)32-22/h3-6,14,18,20-24,26,28-29H,7H2,1-2H3/t14-,18-,20+,21-,22-/m1/s1. The molecule has 1 saturated heterocycles. The maximum atomic E-state index is 13.3. The number of carbonyl (C=O) groups excluding carboxylic acids is 2. The van der Waals surface area contributed by atoms with Gasteiger partial charge >= 0.3 is 0 Å². The Labute approximate surface area is 182 Å². The Balaban J connectivity index is 1.79. The maximum absolute atomic E-state index is 13.3. The number of rotatable bonds is 4. The summed E-state index contributed by atoms with van der Waals surface area (Å²) in [6.45, 7) is 1.01. The van der Waals surface area contributed by atoms with E-state index in [4.69, 9.17) is 14.2 Å². The van der Waals surface area contributed by atoms with Crippen LogP contribution in [0.1, 0.15) is 37.4 Å². The molecule has 0 unspecified atom stereocenters.